The average Bonchev–Trinajstić information content (AvgIpc) is 3.81. The van der Waals surface area contributed by atoms with Crippen molar-refractivity contribution < 1.29 is 9.47 Å². The number of ether oxygens (including phenoxy) is 2. The fourth-order valence-corrected chi connectivity index (χ4v) is 12.7. The van der Waals surface area contributed by atoms with Gasteiger partial charge in [-0.25, -0.2) is 0 Å². The van der Waals surface area contributed by atoms with Crippen LogP contribution in [0.15, 0.2) is 146 Å². The Labute approximate surface area is 383 Å². The molecule has 0 unspecified atom stereocenters. The van der Waals surface area contributed by atoms with Crippen molar-refractivity contribution in [1.29, 1.82) is 0 Å². The number of aryl methyl sites for hydroxylation is 6. The van der Waals surface area contributed by atoms with E-state index < -0.39 is 0 Å². The van der Waals surface area contributed by atoms with Gasteiger partial charge in [-0.3, -0.25) is 0 Å². The highest BCUT2D eigenvalue weighted by molar-refractivity contribution is 7.02. The van der Waals surface area contributed by atoms with Gasteiger partial charge in [0.25, 0.3) is 13.4 Å². The third-order valence-corrected chi connectivity index (χ3v) is 15.5. The molecule has 0 N–H and O–H groups in total. The molecule has 4 aliphatic rings. The minimum absolute atomic E-state index is 0.0589. The standard InChI is InChI=1S/C60H42B2N2O2/c1-31-15-19-48-42(21-31)41-18-17-36(6)56-60(41)64(48)51-26-38(40-14-10-8-12-35(40)5)28-55-58(51)62(56)46-29-45-52(30-53(46)66-55)65-54-27-37(39-13-9-7-11-34(39)4)25-50-57(54)61(45)47-24-33(3)23-44-43-22-32(2)16-20-49(43)63(50)59(44)47/h7-30H,1-6H3. The Hall–Kier alpha value is -7.69. The van der Waals surface area contributed by atoms with Gasteiger partial charge < -0.3 is 18.6 Å². The molecule has 0 fully saturated rings. The monoisotopic (exact) mass is 844 g/mol. The maximum atomic E-state index is 7.34. The Bertz CT molecular complexity index is 4100. The summed E-state index contributed by atoms with van der Waals surface area (Å²) in [6, 6.07) is 54.9. The zero-order valence-electron chi connectivity index (χ0n) is 37.7. The predicted molar refractivity (Wildman–Crippen MR) is 277 cm³/mol. The van der Waals surface area contributed by atoms with Crippen molar-refractivity contribution in [2.45, 2.75) is 41.5 Å². The van der Waals surface area contributed by atoms with E-state index in [0.717, 1.165) is 34.1 Å². The topological polar surface area (TPSA) is 28.3 Å². The summed E-state index contributed by atoms with van der Waals surface area (Å²) in [6.07, 6.45) is 0. The van der Waals surface area contributed by atoms with Crippen LogP contribution in [0.2, 0.25) is 0 Å². The van der Waals surface area contributed by atoms with Crippen LogP contribution in [0.3, 0.4) is 0 Å². The molecular weight excluding hydrogens is 802 g/mol. The molecule has 0 radical (unpaired) electrons. The normalized spacial score (nSPS) is 13.5. The van der Waals surface area contributed by atoms with Gasteiger partial charge in [0.2, 0.25) is 0 Å². The summed E-state index contributed by atoms with van der Waals surface area (Å²) < 4.78 is 19.8. The van der Waals surface area contributed by atoms with Crippen LogP contribution in [0.5, 0.6) is 23.0 Å². The van der Waals surface area contributed by atoms with Crippen molar-refractivity contribution in [2.75, 3.05) is 0 Å². The van der Waals surface area contributed by atoms with Gasteiger partial charge >= 0.3 is 0 Å². The number of fused-ring (bicyclic) bond motifs is 14. The first-order chi connectivity index (χ1) is 32.2. The second-order valence-electron chi connectivity index (χ2n) is 19.6. The largest absolute Gasteiger partial charge is 0.458 e. The molecular formula is C60H42B2N2O2. The predicted octanol–water partition coefficient (Wildman–Crippen LogP) is 10.9. The van der Waals surface area contributed by atoms with Gasteiger partial charge in [0.05, 0.1) is 11.0 Å². The molecule has 0 saturated heterocycles. The van der Waals surface area contributed by atoms with Crippen LogP contribution in [0.25, 0.3) is 77.2 Å². The molecule has 0 aliphatic carbocycles. The highest BCUT2D eigenvalue weighted by atomic mass is 16.5. The molecule has 6 heteroatoms. The van der Waals surface area contributed by atoms with Crippen molar-refractivity contribution in [3.63, 3.8) is 0 Å². The quantitative estimate of drug-likeness (QED) is 0.162. The third kappa shape index (κ3) is 4.61. The molecule has 4 nitrogen and oxygen atoms in total. The number of aromatic nitrogens is 2. The second-order valence-corrected chi connectivity index (χ2v) is 19.6. The Morgan fingerprint density at radius 1 is 0.364 bits per heavy atom. The van der Waals surface area contributed by atoms with Crippen molar-refractivity contribution in [2.24, 2.45) is 0 Å². The van der Waals surface area contributed by atoms with Crippen molar-refractivity contribution in [1.82, 2.24) is 9.13 Å². The molecule has 66 heavy (non-hydrogen) atoms. The van der Waals surface area contributed by atoms with E-state index in [-0.39, 0.29) is 13.4 Å². The van der Waals surface area contributed by atoms with Crippen LogP contribution in [-0.2, 0) is 0 Å². The van der Waals surface area contributed by atoms with E-state index in [1.807, 2.05) is 0 Å². The van der Waals surface area contributed by atoms with Crippen LogP contribution in [-0.4, -0.2) is 22.6 Å². The summed E-state index contributed by atoms with van der Waals surface area (Å²) in [5, 5.41) is 5.16. The zero-order valence-corrected chi connectivity index (χ0v) is 37.7. The Morgan fingerprint density at radius 3 is 1.53 bits per heavy atom. The SMILES string of the molecule is Cc1ccc2c(c1)c1cc(C)cc3c1n2-c1cc(-c2ccccc2C)cc2c1B3c1cc3c(cc1O2)Oc1cc(-c2ccccc2C)cc2c1B3c1c(C)ccc3c4cc(C)ccc4n-2c13. The Morgan fingerprint density at radius 2 is 0.909 bits per heavy atom. The van der Waals surface area contributed by atoms with E-state index in [4.69, 9.17) is 9.47 Å². The van der Waals surface area contributed by atoms with E-state index in [1.165, 1.54) is 132 Å². The van der Waals surface area contributed by atoms with E-state index in [1.54, 1.807) is 0 Å². The van der Waals surface area contributed by atoms with Gasteiger partial charge in [0, 0.05) is 50.0 Å². The molecule has 0 bridgehead atoms. The Kier molecular flexibility index (Phi) is 6.97. The molecule has 0 amide bonds. The van der Waals surface area contributed by atoms with Gasteiger partial charge in [-0.05, 0) is 162 Å². The maximum Gasteiger partial charge on any atom is 0.256 e. The fourth-order valence-electron chi connectivity index (χ4n) is 12.7. The first-order valence-electron chi connectivity index (χ1n) is 23.3. The molecule has 0 saturated carbocycles. The van der Waals surface area contributed by atoms with Gasteiger partial charge in [-0.1, -0.05) is 107 Å². The molecule has 6 heterocycles. The maximum absolute atomic E-state index is 7.34. The van der Waals surface area contributed by atoms with Gasteiger partial charge in [-0.15, -0.1) is 0 Å². The number of hydrogen-bond donors (Lipinski definition) is 0. The summed E-state index contributed by atoms with van der Waals surface area (Å²) >= 11 is 0. The summed E-state index contributed by atoms with van der Waals surface area (Å²) in [4.78, 5) is 0. The van der Waals surface area contributed by atoms with Crippen LogP contribution in [0.1, 0.15) is 33.4 Å². The first-order valence-corrected chi connectivity index (χ1v) is 23.3. The lowest BCUT2D eigenvalue weighted by Crippen LogP contribution is -2.62. The minimum atomic E-state index is -0.0607. The average molecular weight is 845 g/mol. The minimum Gasteiger partial charge on any atom is -0.458 e. The third-order valence-electron chi connectivity index (χ3n) is 15.5. The summed E-state index contributed by atoms with van der Waals surface area (Å²) in [6.45, 7) is 13.2. The summed E-state index contributed by atoms with van der Waals surface area (Å²) in [5.41, 5.74) is 27.1. The summed E-state index contributed by atoms with van der Waals surface area (Å²) in [5.74, 6) is 3.50. The highest BCUT2D eigenvalue weighted by Crippen LogP contribution is 2.44. The summed E-state index contributed by atoms with van der Waals surface area (Å²) in [7, 11) is 0. The van der Waals surface area contributed by atoms with Crippen molar-refractivity contribution in [3.05, 3.63) is 179 Å². The molecule has 15 rings (SSSR count). The fraction of sp³-hybridized carbons (Fsp3) is 0.100. The molecule has 11 aromatic rings. The first kappa shape index (κ1) is 36.6. The number of hydrogen-bond acceptors (Lipinski definition) is 2. The molecule has 310 valence electrons. The molecule has 4 aliphatic heterocycles. The second kappa shape index (κ2) is 12.6. The van der Waals surface area contributed by atoms with Gasteiger partial charge in [-0.2, -0.15) is 0 Å². The van der Waals surface area contributed by atoms with E-state index in [9.17, 15) is 0 Å². The van der Waals surface area contributed by atoms with Crippen LogP contribution in [0, 0.1) is 41.5 Å². The number of nitrogens with zero attached hydrogens (tertiary/aromatic N) is 2. The number of benzene rings is 9. The molecule has 2 aromatic heterocycles. The van der Waals surface area contributed by atoms with Crippen molar-refractivity contribution >= 4 is 89.8 Å². The molecule has 0 atom stereocenters. The lowest BCUT2D eigenvalue weighted by molar-refractivity contribution is 0.465. The number of rotatable bonds is 2. The van der Waals surface area contributed by atoms with Crippen molar-refractivity contribution in [3.8, 4) is 56.6 Å². The molecule has 0 spiro atoms. The lowest BCUT2D eigenvalue weighted by Gasteiger charge is -2.37. The lowest BCUT2D eigenvalue weighted by atomic mass is 9.31. The van der Waals surface area contributed by atoms with Crippen LogP contribution >= 0.6 is 0 Å². The Balaban J connectivity index is 1.05. The molecule has 9 aromatic carbocycles. The van der Waals surface area contributed by atoms with E-state index in [2.05, 4.69) is 196 Å². The van der Waals surface area contributed by atoms with Gasteiger partial charge in [0.1, 0.15) is 23.0 Å². The van der Waals surface area contributed by atoms with Crippen LogP contribution < -0.4 is 42.3 Å². The smallest absolute Gasteiger partial charge is 0.256 e. The van der Waals surface area contributed by atoms with E-state index >= 15 is 0 Å². The van der Waals surface area contributed by atoms with Crippen LogP contribution in [0.4, 0.5) is 0 Å². The zero-order chi connectivity index (χ0) is 44.0. The highest BCUT2D eigenvalue weighted by Gasteiger charge is 2.46. The van der Waals surface area contributed by atoms with E-state index in [0.29, 0.717) is 0 Å². The van der Waals surface area contributed by atoms with Gasteiger partial charge in [0.15, 0.2) is 0 Å².